The van der Waals surface area contributed by atoms with Gasteiger partial charge in [0.15, 0.2) is 0 Å². The highest BCUT2D eigenvalue weighted by atomic mass is 35.5. The van der Waals surface area contributed by atoms with E-state index in [4.69, 9.17) is 23.2 Å². The van der Waals surface area contributed by atoms with E-state index in [1.807, 2.05) is 14.0 Å². The molecule has 1 fully saturated rings. The zero-order chi connectivity index (χ0) is 20.8. The minimum atomic E-state index is -0.478. The fraction of sp³-hybridized carbons (Fsp3) is 0.500. The molecule has 0 radical (unpaired) electrons. The molecule has 154 valence electrons. The molecule has 0 spiro atoms. The first kappa shape index (κ1) is 22.5. The fourth-order valence-electron chi connectivity index (χ4n) is 3.18. The van der Waals surface area contributed by atoms with Crippen LogP contribution in [-0.2, 0) is 9.53 Å². The first-order valence-electron chi connectivity index (χ1n) is 9.20. The lowest BCUT2D eigenvalue weighted by Crippen LogP contribution is -2.48. The maximum absolute atomic E-state index is 12.6. The average molecular weight is 428 g/mol. The largest absolute Gasteiger partial charge is 0.466 e. The van der Waals surface area contributed by atoms with Gasteiger partial charge < -0.3 is 19.9 Å². The van der Waals surface area contributed by atoms with Gasteiger partial charge in [-0.25, -0.2) is 9.59 Å². The normalized spacial score (nSPS) is 16.8. The van der Waals surface area contributed by atoms with Crippen LogP contribution < -0.4 is 5.32 Å². The number of rotatable bonds is 5. The monoisotopic (exact) mass is 427 g/mol. The average Bonchev–Trinajstić information content (AvgIpc) is 2.68. The highest BCUT2D eigenvalue weighted by Gasteiger charge is 2.25. The van der Waals surface area contributed by atoms with Gasteiger partial charge in [-0.1, -0.05) is 35.3 Å². The predicted octanol–water partition coefficient (Wildman–Crippen LogP) is 3.98. The first-order chi connectivity index (χ1) is 13.2. The number of hydrogen-bond donors (Lipinski definition) is 1. The van der Waals surface area contributed by atoms with E-state index < -0.39 is 5.97 Å². The lowest BCUT2D eigenvalue weighted by atomic mass is 10.0. The first-order valence-corrected chi connectivity index (χ1v) is 9.96. The number of methoxy groups -OCH3 is 1. The van der Waals surface area contributed by atoms with Gasteiger partial charge in [0.2, 0.25) is 0 Å². The predicted molar refractivity (Wildman–Crippen MR) is 113 cm³/mol. The number of piperidine rings is 1. The van der Waals surface area contributed by atoms with Gasteiger partial charge in [-0.15, -0.1) is 0 Å². The number of amides is 2. The Labute approximate surface area is 176 Å². The van der Waals surface area contributed by atoms with Crippen LogP contribution in [0.3, 0.4) is 0 Å². The van der Waals surface area contributed by atoms with Gasteiger partial charge in [-0.2, -0.15) is 0 Å². The molecule has 1 aliphatic rings. The summed E-state index contributed by atoms with van der Waals surface area (Å²) < 4.78 is 4.57. The van der Waals surface area contributed by atoms with Gasteiger partial charge in [0.05, 0.1) is 23.2 Å². The second-order valence-electron chi connectivity index (χ2n) is 7.05. The maximum atomic E-state index is 12.6. The van der Waals surface area contributed by atoms with Crippen molar-refractivity contribution in [2.24, 2.45) is 0 Å². The minimum absolute atomic E-state index is 0.135. The van der Waals surface area contributed by atoms with Gasteiger partial charge in [-0.3, -0.25) is 0 Å². The van der Waals surface area contributed by atoms with Crippen molar-refractivity contribution in [3.8, 4) is 0 Å². The summed E-state index contributed by atoms with van der Waals surface area (Å²) in [5, 5.41) is 3.66. The van der Waals surface area contributed by atoms with E-state index in [0.717, 1.165) is 25.9 Å². The summed E-state index contributed by atoms with van der Waals surface area (Å²) in [4.78, 5) is 27.9. The van der Waals surface area contributed by atoms with E-state index in [-0.39, 0.29) is 18.1 Å². The van der Waals surface area contributed by atoms with Crippen molar-refractivity contribution in [1.29, 1.82) is 0 Å². The third-order valence-corrected chi connectivity index (χ3v) is 6.02. The molecular weight excluding hydrogens is 401 g/mol. The van der Waals surface area contributed by atoms with Crippen molar-refractivity contribution in [3.05, 3.63) is 39.4 Å². The van der Waals surface area contributed by atoms with Crippen molar-refractivity contribution in [2.45, 2.75) is 31.8 Å². The zero-order valence-corrected chi connectivity index (χ0v) is 18.2. The number of hydrogen-bond acceptors (Lipinski definition) is 4. The van der Waals surface area contributed by atoms with Crippen LogP contribution in [0.5, 0.6) is 0 Å². The SMILES string of the molecule is COC(=O)C=Cc1ccc(C(C)NC(=O)N(C)C2CCN(C)CC2)c(Cl)c1Cl. The number of ether oxygens (including phenoxy) is 1. The van der Waals surface area contributed by atoms with Crippen molar-refractivity contribution in [3.63, 3.8) is 0 Å². The Morgan fingerprint density at radius 3 is 2.54 bits per heavy atom. The number of nitrogens with zero attached hydrogens (tertiary/aromatic N) is 2. The molecule has 0 saturated carbocycles. The Kier molecular flexibility index (Phi) is 8.16. The highest BCUT2D eigenvalue weighted by molar-refractivity contribution is 6.43. The molecule has 1 atom stereocenters. The van der Waals surface area contributed by atoms with E-state index in [1.165, 1.54) is 13.2 Å². The third-order valence-electron chi connectivity index (χ3n) is 5.10. The van der Waals surface area contributed by atoms with Crippen LogP contribution in [0.1, 0.15) is 36.9 Å². The summed E-state index contributed by atoms with van der Waals surface area (Å²) in [6.07, 6.45) is 4.74. The number of esters is 1. The number of nitrogens with one attached hydrogen (secondary N) is 1. The molecule has 2 amide bonds. The number of urea groups is 1. The lowest BCUT2D eigenvalue weighted by Gasteiger charge is -2.35. The van der Waals surface area contributed by atoms with Crippen LogP contribution in [0.4, 0.5) is 4.79 Å². The summed E-state index contributed by atoms with van der Waals surface area (Å²) in [5.74, 6) is -0.478. The van der Waals surface area contributed by atoms with Crippen LogP contribution in [0.2, 0.25) is 10.0 Å². The third kappa shape index (κ3) is 5.63. The topological polar surface area (TPSA) is 61.9 Å². The summed E-state index contributed by atoms with van der Waals surface area (Å²) in [7, 11) is 5.22. The van der Waals surface area contributed by atoms with Gasteiger partial charge >= 0.3 is 12.0 Å². The van der Waals surface area contributed by atoms with Gasteiger partial charge in [0.25, 0.3) is 0 Å². The van der Waals surface area contributed by atoms with E-state index in [0.29, 0.717) is 21.2 Å². The van der Waals surface area contributed by atoms with E-state index in [2.05, 4.69) is 22.0 Å². The molecule has 8 heteroatoms. The summed E-state index contributed by atoms with van der Waals surface area (Å²) in [6, 6.07) is 3.33. The van der Waals surface area contributed by atoms with Crippen molar-refractivity contribution in [1.82, 2.24) is 15.1 Å². The molecule has 1 unspecified atom stereocenters. The van der Waals surface area contributed by atoms with Crippen molar-refractivity contribution >= 4 is 41.3 Å². The molecule has 2 rings (SSSR count). The second kappa shape index (κ2) is 10.1. The van der Waals surface area contributed by atoms with Crippen LogP contribution in [0.15, 0.2) is 18.2 Å². The maximum Gasteiger partial charge on any atom is 0.330 e. The van der Waals surface area contributed by atoms with E-state index in [9.17, 15) is 9.59 Å². The van der Waals surface area contributed by atoms with Gasteiger partial charge in [0.1, 0.15) is 0 Å². The molecule has 1 heterocycles. The molecule has 1 saturated heterocycles. The molecule has 1 aromatic carbocycles. The second-order valence-corrected chi connectivity index (χ2v) is 7.80. The number of carbonyl (C=O) groups excluding carboxylic acids is 2. The van der Waals surface area contributed by atoms with Crippen molar-refractivity contribution < 1.29 is 14.3 Å². The standard InChI is InChI=1S/C20H27Cl2N3O3/c1-13(23-20(27)25(3)15-9-11-24(2)12-10-15)16-7-5-14(18(21)19(16)22)6-8-17(26)28-4/h5-8,13,15H,9-12H2,1-4H3,(H,23,27). The highest BCUT2D eigenvalue weighted by Crippen LogP contribution is 2.33. The zero-order valence-electron chi connectivity index (χ0n) is 16.7. The van der Waals surface area contributed by atoms with E-state index in [1.54, 1.807) is 23.1 Å². The van der Waals surface area contributed by atoms with Crippen LogP contribution in [0.25, 0.3) is 6.08 Å². The van der Waals surface area contributed by atoms with Crippen LogP contribution in [-0.4, -0.2) is 62.1 Å². The lowest BCUT2D eigenvalue weighted by molar-refractivity contribution is -0.134. The number of likely N-dealkylation sites (tertiary alicyclic amines) is 1. The molecule has 1 aliphatic heterocycles. The molecule has 6 nitrogen and oxygen atoms in total. The Balaban J connectivity index is 2.06. The van der Waals surface area contributed by atoms with Crippen molar-refractivity contribution in [2.75, 3.05) is 34.3 Å². The van der Waals surface area contributed by atoms with E-state index >= 15 is 0 Å². The van der Waals surface area contributed by atoms with Gasteiger partial charge in [0, 0.05) is 19.2 Å². The molecule has 0 aliphatic carbocycles. The van der Waals surface area contributed by atoms with Crippen LogP contribution in [0, 0.1) is 0 Å². The quantitative estimate of drug-likeness (QED) is 0.570. The van der Waals surface area contributed by atoms with Gasteiger partial charge in [-0.05, 0) is 57.1 Å². The molecule has 28 heavy (non-hydrogen) atoms. The molecular formula is C20H27Cl2N3O3. The smallest absolute Gasteiger partial charge is 0.330 e. The number of halogens is 2. The number of carbonyl (C=O) groups is 2. The molecule has 1 N–H and O–H groups in total. The number of benzene rings is 1. The fourth-order valence-corrected chi connectivity index (χ4v) is 3.75. The summed E-state index contributed by atoms with van der Waals surface area (Å²) in [6.45, 7) is 3.83. The Hall–Kier alpha value is -1.76. The minimum Gasteiger partial charge on any atom is -0.466 e. The summed E-state index contributed by atoms with van der Waals surface area (Å²) in [5.41, 5.74) is 1.31. The molecule has 0 bridgehead atoms. The Bertz CT molecular complexity index is 746. The van der Waals surface area contributed by atoms with Crippen LogP contribution >= 0.6 is 23.2 Å². The molecule has 1 aromatic rings. The Morgan fingerprint density at radius 2 is 1.93 bits per heavy atom. The molecule has 0 aromatic heterocycles. The summed E-state index contributed by atoms with van der Waals surface area (Å²) >= 11 is 12.8. The Morgan fingerprint density at radius 1 is 1.29 bits per heavy atom.